The molecule has 0 bridgehead atoms. The van der Waals surface area contributed by atoms with Gasteiger partial charge in [-0.05, 0) is 43.6 Å². The fourth-order valence-electron chi connectivity index (χ4n) is 4.46. The number of imidazole rings is 1. The Morgan fingerprint density at radius 1 is 1.11 bits per heavy atom. The van der Waals surface area contributed by atoms with E-state index in [0.717, 1.165) is 30.0 Å². The number of alkyl halides is 2. The fraction of sp³-hybridized carbons (Fsp3) is 0.542. The molecule has 1 aromatic heterocycles. The summed E-state index contributed by atoms with van der Waals surface area (Å²) in [6.45, 7) is 5.50. The Morgan fingerprint density at radius 2 is 1.80 bits per heavy atom. The second-order valence-corrected chi connectivity index (χ2v) is 10.4. The second-order valence-electron chi connectivity index (χ2n) is 10.4. The highest BCUT2D eigenvalue weighted by molar-refractivity contribution is 5.98. The van der Waals surface area contributed by atoms with E-state index in [0.29, 0.717) is 30.2 Å². The molecule has 2 aliphatic heterocycles. The Bertz CT molecular complexity index is 1150. The van der Waals surface area contributed by atoms with Gasteiger partial charge in [0.15, 0.2) is 17.3 Å². The maximum atomic E-state index is 14.0. The second kappa shape index (κ2) is 8.92. The summed E-state index contributed by atoms with van der Waals surface area (Å²) in [6, 6.07) is 2.38. The van der Waals surface area contributed by atoms with E-state index >= 15 is 0 Å². The van der Waals surface area contributed by atoms with Gasteiger partial charge in [0, 0.05) is 18.7 Å². The molecule has 7 nitrogen and oxygen atoms in total. The van der Waals surface area contributed by atoms with Crippen LogP contribution in [0.5, 0.6) is 0 Å². The first kappa shape index (κ1) is 25.2. The highest BCUT2D eigenvalue weighted by Crippen LogP contribution is 2.31. The van der Waals surface area contributed by atoms with E-state index in [1.165, 1.54) is 6.07 Å². The molecule has 35 heavy (non-hydrogen) atoms. The Balaban J connectivity index is 1.69. The van der Waals surface area contributed by atoms with Gasteiger partial charge in [-0.3, -0.25) is 9.59 Å². The predicted octanol–water partition coefficient (Wildman–Crippen LogP) is 3.29. The maximum absolute atomic E-state index is 14.0. The van der Waals surface area contributed by atoms with Crippen molar-refractivity contribution in [3.8, 4) is 11.4 Å². The van der Waals surface area contributed by atoms with Gasteiger partial charge < -0.3 is 19.7 Å². The molecule has 4 rings (SSSR count). The number of amides is 2. The number of benzene rings is 1. The molecule has 190 valence electrons. The van der Waals surface area contributed by atoms with Crippen LogP contribution in [0.4, 0.5) is 17.6 Å². The molecule has 3 heterocycles. The summed E-state index contributed by atoms with van der Waals surface area (Å²) in [5.41, 5.74) is 0.209. The fourth-order valence-corrected chi connectivity index (χ4v) is 4.46. The Labute approximate surface area is 201 Å². The van der Waals surface area contributed by atoms with Crippen molar-refractivity contribution in [2.75, 3.05) is 26.7 Å². The monoisotopic (exact) mass is 495 g/mol. The molecule has 2 aromatic rings. The summed E-state index contributed by atoms with van der Waals surface area (Å²) >= 11 is 0. The van der Waals surface area contributed by atoms with Crippen LogP contribution in [0.2, 0.25) is 0 Å². The van der Waals surface area contributed by atoms with Crippen molar-refractivity contribution >= 4 is 11.8 Å². The van der Waals surface area contributed by atoms with E-state index in [9.17, 15) is 27.2 Å². The lowest BCUT2D eigenvalue weighted by Crippen LogP contribution is -2.64. The largest absolute Gasteiger partial charge is 0.338 e. The maximum Gasteiger partial charge on any atom is 0.282 e. The first-order chi connectivity index (χ1) is 16.3. The minimum Gasteiger partial charge on any atom is -0.338 e. The molecule has 0 aliphatic carbocycles. The van der Waals surface area contributed by atoms with Gasteiger partial charge in [-0.15, -0.1) is 0 Å². The lowest BCUT2D eigenvalue weighted by atomic mass is 9.85. The summed E-state index contributed by atoms with van der Waals surface area (Å²) < 4.78 is 56.0. The lowest BCUT2D eigenvalue weighted by molar-refractivity contribution is -0.169. The number of hydrogen-bond donors (Lipinski definition) is 1. The van der Waals surface area contributed by atoms with Crippen LogP contribution >= 0.6 is 0 Å². The van der Waals surface area contributed by atoms with Crippen molar-refractivity contribution in [2.45, 2.75) is 52.2 Å². The van der Waals surface area contributed by atoms with Crippen LogP contribution in [0.1, 0.15) is 43.4 Å². The van der Waals surface area contributed by atoms with E-state index in [2.05, 4.69) is 10.3 Å². The molecule has 1 saturated heterocycles. The van der Waals surface area contributed by atoms with Crippen LogP contribution in [0, 0.1) is 17.0 Å². The van der Waals surface area contributed by atoms with Crippen molar-refractivity contribution in [2.24, 2.45) is 5.41 Å². The van der Waals surface area contributed by atoms with Crippen LogP contribution < -0.4 is 5.32 Å². The summed E-state index contributed by atoms with van der Waals surface area (Å²) in [6.07, 6.45) is 0.754. The molecule has 2 amide bonds. The molecule has 0 spiro atoms. The van der Waals surface area contributed by atoms with Crippen LogP contribution in [0.25, 0.3) is 11.4 Å². The van der Waals surface area contributed by atoms with Gasteiger partial charge >= 0.3 is 0 Å². The van der Waals surface area contributed by atoms with Crippen molar-refractivity contribution in [3.05, 3.63) is 41.2 Å². The SMILES string of the molecule is CN1CCCn2c(-c3ccc(F)c(F)c3)nc(C(=O)N[C@H](C(=O)N3CC(F)(F)C3)C(C)(C)C)c2C1. The lowest BCUT2D eigenvalue weighted by Gasteiger charge is -2.43. The number of hydrogen-bond acceptors (Lipinski definition) is 4. The molecule has 0 unspecified atom stereocenters. The van der Waals surface area contributed by atoms with Gasteiger partial charge in [0.25, 0.3) is 11.8 Å². The van der Waals surface area contributed by atoms with E-state index in [-0.39, 0.29) is 5.69 Å². The topological polar surface area (TPSA) is 70.5 Å². The Hall–Kier alpha value is -2.95. The van der Waals surface area contributed by atoms with Gasteiger partial charge in [-0.2, -0.15) is 0 Å². The van der Waals surface area contributed by atoms with Gasteiger partial charge in [-0.25, -0.2) is 22.5 Å². The zero-order valence-corrected chi connectivity index (χ0v) is 20.2. The molecule has 11 heteroatoms. The summed E-state index contributed by atoms with van der Waals surface area (Å²) in [7, 11) is 1.90. The van der Waals surface area contributed by atoms with Crippen molar-refractivity contribution in [1.82, 2.24) is 24.7 Å². The Morgan fingerprint density at radius 3 is 2.40 bits per heavy atom. The molecule has 1 fully saturated rings. The van der Waals surface area contributed by atoms with Gasteiger partial charge in [0.1, 0.15) is 11.9 Å². The molecule has 0 radical (unpaired) electrons. The van der Waals surface area contributed by atoms with Gasteiger partial charge in [-0.1, -0.05) is 20.8 Å². The molecule has 2 aliphatic rings. The Kier molecular flexibility index (Phi) is 6.41. The number of likely N-dealkylation sites (tertiary alicyclic amines) is 1. The molecule has 1 atom stereocenters. The number of aromatic nitrogens is 2. The number of halogens is 4. The average Bonchev–Trinajstić information content (AvgIpc) is 2.97. The molecule has 1 N–H and O–H groups in total. The van der Waals surface area contributed by atoms with Crippen molar-refractivity contribution < 1.29 is 27.2 Å². The van der Waals surface area contributed by atoms with Crippen molar-refractivity contribution in [1.29, 1.82) is 0 Å². The summed E-state index contributed by atoms with van der Waals surface area (Å²) in [5, 5.41) is 2.72. The highest BCUT2D eigenvalue weighted by atomic mass is 19.3. The third-order valence-corrected chi connectivity index (χ3v) is 6.35. The predicted molar refractivity (Wildman–Crippen MR) is 121 cm³/mol. The number of carbonyl (C=O) groups is 2. The number of fused-ring (bicyclic) bond motifs is 1. The van der Waals surface area contributed by atoms with Crippen LogP contribution in [-0.2, 0) is 17.9 Å². The first-order valence-electron chi connectivity index (χ1n) is 11.5. The molecular weight excluding hydrogens is 466 g/mol. The van der Waals surface area contributed by atoms with Gasteiger partial charge in [0.2, 0.25) is 5.91 Å². The highest BCUT2D eigenvalue weighted by Gasteiger charge is 2.49. The van der Waals surface area contributed by atoms with Crippen LogP contribution in [-0.4, -0.2) is 69.8 Å². The van der Waals surface area contributed by atoms with E-state index in [1.807, 2.05) is 16.5 Å². The van der Waals surface area contributed by atoms with Crippen LogP contribution in [0.15, 0.2) is 18.2 Å². The van der Waals surface area contributed by atoms with E-state index in [4.69, 9.17) is 0 Å². The standard InChI is InChI=1S/C24H29F4N5O2/c1-23(2,3)19(22(35)32-12-24(27,28)13-32)30-21(34)18-17-11-31(4)8-5-9-33(17)20(29-18)14-6-7-15(25)16(26)10-14/h6-7,10,19H,5,8-9,11-13H2,1-4H3,(H,30,34)/t19-/m1/s1. The number of rotatable bonds is 4. The van der Waals surface area contributed by atoms with Gasteiger partial charge in [0.05, 0.1) is 18.8 Å². The smallest absolute Gasteiger partial charge is 0.282 e. The normalized spacial score (nSPS) is 18.9. The summed E-state index contributed by atoms with van der Waals surface area (Å²) in [5.74, 6) is -5.83. The minimum absolute atomic E-state index is 0.0643. The third-order valence-electron chi connectivity index (χ3n) is 6.35. The van der Waals surface area contributed by atoms with E-state index < -0.39 is 53.9 Å². The minimum atomic E-state index is -2.92. The zero-order chi connectivity index (χ0) is 25.7. The number of nitrogens with zero attached hydrogens (tertiary/aromatic N) is 4. The molecule has 0 saturated carbocycles. The quantitative estimate of drug-likeness (QED) is 0.661. The zero-order valence-electron chi connectivity index (χ0n) is 20.2. The third kappa shape index (κ3) is 5.05. The number of carbonyl (C=O) groups excluding carboxylic acids is 2. The van der Waals surface area contributed by atoms with E-state index in [1.54, 1.807) is 20.8 Å². The first-order valence-corrected chi connectivity index (χ1v) is 11.5. The number of nitrogens with one attached hydrogen (secondary N) is 1. The van der Waals surface area contributed by atoms with Crippen molar-refractivity contribution in [3.63, 3.8) is 0 Å². The molecule has 1 aromatic carbocycles. The van der Waals surface area contributed by atoms with Crippen LogP contribution in [0.3, 0.4) is 0 Å². The molecular formula is C24H29F4N5O2. The average molecular weight is 496 g/mol. The summed E-state index contributed by atoms with van der Waals surface area (Å²) in [4.78, 5) is 34.0.